The van der Waals surface area contributed by atoms with Crippen LogP contribution in [0.5, 0.6) is 0 Å². The van der Waals surface area contributed by atoms with Gasteiger partial charge in [0, 0.05) is 20.2 Å². The predicted molar refractivity (Wildman–Crippen MR) is 274 cm³/mol. The summed E-state index contributed by atoms with van der Waals surface area (Å²) in [5.41, 5.74) is 15.4. The van der Waals surface area contributed by atoms with Gasteiger partial charge in [0.15, 0.2) is 0 Å². The minimum absolute atomic E-state index is 0.490. The molecule has 1 spiro atoms. The Balaban J connectivity index is 1.07. The van der Waals surface area contributed by atoms with Gasteiger partial charge < -0.3 is 0 Å². The zero-order chi connectivity index (χ0) is 41.7. The zero-order valence-electron chi connectivity index (χ0n) is 34.7. The first-order valence-corrected chi connectivity index (χ1v) is 23.1. The molecule has 1 heterocycles. The third-order valence-corrected chi connectivity index (χ3v) is 15.9. The Morgan fingerprint density at radius 2 is 0.750 bits per heavy atom. The molecule has 0 N–H and O–H groups in total. The second kappa shape index (κ2) is 12.6. The topological polar surface area (TPSA) is 0 Å². The summed E-state index contributed by atoms with van der Waals surface area (Å²) >= 11 is 1.89. The van der Waals surface area contributed by atoms with E-state index in [0.717, 1.165) is 0 Å². The standard InChI is InChI=1S/C63H36S/c1-2-17-39-35-58-51(33-38(39)16-1)50-34-40(30-32-57(50)64-58)59-46-23-7-9-25-48(46)60(49-26-10-8-24-47(49)59)52-36-56-62(45-22-6-5-19-42(45)52)61-41-18-4-3-15-37(41)29-31-55(61)63(56)53-27-13-11-20-43(53)44-21-12-14-28-54(44)63/h1-36H. The largest absolute Gasteiger partial charge is 0.135 e. The van der Waals surface area contributed by atoms with E-state index in [1.54, 1.807) is 0 Å². The van der Waals surface area contributed by atoms with E-state index in [9.17, 15) is 0 Å². The Morgan fingerprint density at radius 1 is 0.250 bits per heavy atom. The van der Waals surface area contributed by atoms with Crippen LogP contribution < -0.4 is 0 Å². The van der Waals surface area contributed by atoms with Crippen LogP contribution in [0.3, 0.4) is 0 Å². The Hall–Kier alpha value is -7.84. The molecule has 0 amide bonds. The number of thiophene rings is 1. The number of fused-ring (bicyclic) bond motifs is 20. The van der Waals surface area contributed by atoms with Crippen molar-refractivity contribution in [3.8, 4) is 44.5 Å². The van der Waals surface area contributed by atoms with Crippen LogP contribution in [-0.4, -0.2) is 0 Å². The van der Waals surface area contributed by atoms with E-state index in [1.165, 1.54) is 141 Å². The lowest BCUT2D eigenvalue weighted by Gasteiger charge is -2.31. The summed E-state index contributed by atoms with van der Waals surface area (Å²) in [4.78, 5) is 0. The molecule has 15 rings (SSSR count). The van der Waals surface area contributed by atoms with Gasteiger partial charge in [0.25, 0.3) is 0 Å². The second-order valence-electron chi connectivity index (χ2n) is 17.8. The summed E-state index contributed by atoms with van der Waals surface area (Å²) in [5.74, 6) is 0. The average molecular weight is 825 g/mol. The Bertz CT molecular complexity index is 4100. The summed E-state index contributed by atoms with van der Waals surface area (Å²) < 4.78 is 2.65. The number of hydrogen-bond acceptors (Lipinski definition) is 1. The van der Waals surface area contributed by atoms with Crippen LogP contribution in [0.25, 0.3) is 119 Å². The molecule has 0 bridgehead atoms. The number of benzene rings is 12. The first-order chi connectivity index (χ1) is 31.8. The van der Waals surface area contributed by atoms with Crippen molar-refractivity contribution in [3.05, 3.63) is 241 Å². The third-order valence-electron chi connectivity index (χ3n) is 14.8. The molecule has 0 nitrogen and oxygen atoms in total. The van der Waals surface area contributed by atoms with Crippen molar-refractivity contribution in [1.29, 1.82) is 0 Å². The summed E-state index contributed by atoms with van der Waals surface area (Å²) in [6, 6.07) is 83.0. The fraction of sp³-hybridized carbons (Fsp3) is 0.0159. The highest BCUT2D eigenvalue weighted by Crippen LogP contribution is 2.66. The molecule has 0 atom stereocenters. The molecule has 0 aliphatic heterocycles. The quantitative estimate of drug-likeness (QED) is 0.152. The normalized spacial score (nSPS) is 13.4. The summed E-state index contributed by atoms with van der Waals surface area (Å²) in [5, 5.41) is 15.4. The lowest BCUT2D eigenvalue weighted by molar-refractivity contribution is 0.795. The maximum atomic E-state index is 2.62. The summed E-state index contributed by atoms with van der Waals surface area (Å²) in [6.45, 7) is 0. The van der Waals surface area contributed by atoms with E-state index in [2.05, 4.69) is 218 Å². The van der Waals surface area contributed by atoms with Gasteiger partial charge in [-0.15, -0.1) is 11.3 Å². The van der Waals surface area contributed by atoms with E-state index in [1.807, 2.05) is 11.3 Å². The minimum atomic E-state index is -0.490. The first-order valence-electron chi connectivity index (χ1n) is 22.3. The molecule has 2 aliphatic rings. The molecule has 0 saturated heterocycles. The van der Waals surface area contributed by atoms with Crippen molar-refractivity contribution in [2.75, 3.05) is 0 Å². The number of hydrogen-bond donors (Lipinski definition) is 0. The fourth-order valence-electron chi connectivity index (χ4n) is 12.3. The lowest BCUT2D eigenvalue weighted by atomic mass is 9.69. The molecule has 0 fully saturated rings. The van der Waals surface area contributed by atoms with Crippen LogP contribution >= 0.6 is 11.3 Å². The monoisotopic (exact) mass is 824 g/mol. The highest BCUT2D eigenvalue weighted by Gasteiger charge is 2.52. The van der Waals surface area contributed by atoms with Crippen LogP contribution in [0.2, 0.25) is 0 Å². The molecular weight excluding hydrogens is 789 g/mol. The van der Waals surface area contributed by atoms with Gasteiger partial charge in [0.05, 0.1) is 5.41 Å². The van der Waals surface area contributed by atoms with Gasteiger partial charge in [-0.25, -0.2) is 0 Å². The smallest absolute Gasteiger partial charge is 0.0726 e. The highest BCUT2D eigenvalue weighted by molar-refractivity contribution is 7.25. The van der Waals surface area contributed by atoms with E-state index in [0.29, 0.717) is 0 Å². The zero-order valence-corrected chi connectivity index (χ0v) is 35.5. The van der Waals surface area contributed by atoms with Gasteiger partial charge in [0.2, 0.25) is 0 Å². The van der Waals surface area contributed by atoms with Crippen LogP contribution in [0.4, 0.5) is 0 Å². The van der Waals surface area contributed by atoms with Gasteiger partial charge in [-0.05, 0) is 151 Å². The third kappa shape index (κ3) is 4.37. The van der Waals surface area contributed by atoms with E-state index >= 15 is 0 Å². The molecule has 12 aromatic carbocycles. The Morgan fingerprint density at radius 3 is 1.42 bits per heavy atom. The van der Waals surface area contributed by atoms with Crippen molar-refractivity contribution in [1.82, 2.24) is 0 Å². The van der Waals surface area contributed by atoms with Crippen molar-refractivity contribution >= 4 is 85.4 Å². The molecule has 294 valence electrons. The van der Waals surface area contributed by atoms with Gasteiger partial charge >= 0.3 is 0 Å². The fourth-order valence-corrected chi connectivity index (χ4v) is 13.4. The predicted octanol–water partition coefficient (Wildman–Crippen LogP) is 17.5. The summed E-state index contributed by atoms with van der Waals surface area (Å²) in [6.07, 6.45) is 0. The molecule has 1 heteroatoms. The molecular formula is C63H36S. The van der Waals surface area contributed by atoms with Gasteiger partial charge in [-0.1, -0.05) is 188 Å². The molecule has 0 radical (unpaired) electrons. The minimum Gasteiger partial charge on any atom is -0.135 e. The first kappa shape index (κ1) is 34.7. The van der Waals surface area contributed by atoms with Gasteiger partial charge in [-0.3, -0.25) is 0 Å². The molecule has 13 aromatic rings. The van der Waals surface area contributed by atoms with Crippen LogP contribution in [-0.2, 0) is 5.41 Å². The van der Waals surface area contributed by atoms with Crippen molar-refractivity contribution in [2.24, 2.45) is 0 Å². The van der Waals surface area contributed by atoms with E-state index < -0.39 is 5.41 Å². The van der Waals surface area contributed by atoms with Crippen molar-refractivity contribution < 1.29 is 0 Å². The Kier molecular flexibility index (Phi) is 6.85. The second-order valence-corrected chi connectivity index (χ2v) is 18.9. The molecule has 64 heavy (non-hydrogen) atoms. The SMILES string of the molecule is c1ccc2c(c1)-c1ccccc1C21c2ccc3ccccc3c2-c2c1cc(-c1c3ccccc3c(-c3ccc4sc5cc6ccccc6cc5c4c3)c3ccccc13)c1ccccc21. The highest BCUT2D eigenvalue weighted by atomic mass is 32.1. The number of rotatable bonds is 2. The van der Waals surface area contributed by atoms with Crippen LogP contribution in [0.1, 0.15) is 22.3 Å². The van der Waals surface area contributed by atoms with Gasteiger partial charge in [-0.2, -0.15) is 0 Å². The van der Waals surface area contributed by atoms with Crippen molar-refractivity contribution in [3.63, 3.8) is 0 Å². The lowest BCUT2D eigenvalue weighted by Crippen LogP contribution is -2.26. The molecule has 0 unspecified atom stereocenters. The summed E-state index contributed by atoms with van der Waals surface area (Å²) in [7, 11) is 0. The van der Waals surface area contributed by atoms with Crippen LogP contribution in [0.15, 0.2) is 218 Å². The van der Waals surface area contributed by atoms with Gasteiger partial charge in [0.1, 0.15) is 0 Å². The van der Waals surface area contributed by atoms with Crippen LogP contribution in [0, 0.1) is 0 Å². The maximum absolute atomic E-state index is 2.62. The molecule has 1 aromatic heterocycles. The molecule has 2 aliphatic carbocycles. The average Bonchev–Trinajstić information content (AvgIpc) is 3.98. The molecule has 0 saturated carbocycles. The van der Waals surface area contributed by atoms with E-state index in [4.69, 9.17) is 0 Å². The van der Waals surface area contributed by atoms with E-state index in [-0.39, 0.29) is 0 Å². The van der Waals surface area contributed by atoms with Crippen molar-refractivity contribution in [2.45, 2.75) is 5.41 Å². The maximum Gasteiger partial charge on any atom is 0.0726 e. The Labute approximate surface area is 373 Å².